The Hall–Kier alpha value is -3.42. The van der Waals surface area contributed by atoms with Crippen molar-refractivity contribution in [2.24, 2.45) is 0 Å². The first-order chi connectivity index (χ1) is 15.6. The molecule has 8 heteroatoms. The highest BCUT2D eigenvalue weighted by Crippen LogP contribution is 2.25. The first-order valence-corrected chi connectivity index (χ1v) is 11.2. The second-order valence-corrected chi connectivity index (χ2v) is 8.22. The van der Waals surface area contributed by atoms with Gasteiger partial charge < -0.3 is 5.32 Å². The molecule has 0 saturated carbocycles. The minimum Gasteiger partial charge on any atom is -0.345 e. The quantitative estimate of drug-likeness (QED) is 0.300. The lowest BCUT2D eigenvalue weighted by atomic mass is 10.2. The van der Waals surface area contributed by atoms with Crippen LogP contribution in [-0.2, 0) is 6.54 Å². The first-order valence-electron chi connectivity index (χ1n) is 9.86. The summed E-state index contributed by atoms with van der Waals surface area (Å²) in [5.74, 6) is 0.528. The Morgan fingerprint density at radius 2 is 1.56 bits per heavy atom. The maximum absolute atomic E-state index is 12.5. The number of carbonyl (C=O) groups excluding carboxylic acids is 2. The zero-order valence-corrected chi connectivity index (χ0v) is 18.5. The van der Waals surface area contributed by atoms with Gasteiger partial charge >= 0.3 is 0 Å². The zero-order valence-electron chi connectivity index (χ0n) is 16.9. The van der Waals surface area contributed by atoms with Crippen molar-refractivity contribution in [3.05, 3.63) is 107 Å². The second kappa shape index (κ2) is 10.3. The molecule has 1 amide bonds. The SMILES string of the molecule is O=C(CSc1nnc(CNC(=O)c2ccccc2)n1-c1cccc(Cl)c1)c1ccccc1. The Bertz CT molecular complexity index is 1160. The van der Waals surface area contributed by atoms with E-state index in [0.29, 0.717) is 27.1 Å². The number of carbonyl (C=O) groups is 2. The number of amides is 1. The summed E-state index contributed by atoms with van der Waals surface area (Å²) in [7, 11) is 0. The fourth-order valence-electron chi connectivity index (χ4n) is 3.07. The summed E-state index contributed by atoms with van der Waals surface area (Å²) in [6.07, 6.45) is 0. The van der Waals surface area contributed by atoms with Gasteiger partial charge in [-0.2, -0.15) is 0 Å². The van der Waals surface area contributed by atoms with Crippen LogP contribution in [0.1, 0.15) is 26.5 Å². The third-order valence-electron chi connectivity index (χ3n) is 4.64. The van der Waals surface area contributed by atoms with Crippen LogP contribution < -0.4 is 5.32 Å². The number of halogens is 1. The number of aromatic nitrogens is 3. The van der Waals surface area contributed by atoms with Gasteiger partial charge in [-0.25, -0.2) is 0 Å². The third-order valence-corrected chi connectivity index (χ3v) is 5.80. The number of ketones is 1. The molecule has 32 heavy (non-hydrogen) atoms. The maximum atomic E-state index is 12.5. The molecule has 0 fully saturated rings. The van der Waals surface area contributed by atoms with E-state index in [0.717, 1.165) is 5.69 Å². The van der Waals surface area contributed by atoms with Crippen LogP contribution in [-0.4, -0.2) is 32.2 Å². The number of hydrogen-bond acceptors (Lipinski definition) is 5. The highest BCUT2D eigenvalue weighted by atomic mass is 35.5. The van der Waals surface area contributed by atoms with Gasteiger partial charge in [0.2, 0.25) is 0 Å². The van der Waals surface area contributed by atoms with Gasteiger partial charge in [-0.1, -0.05) is 78.0 Å². The van der Waals surface area contributed by atoms with Crippen molar-refractivity contribution in [2.45, 2.75) is 11.7 Å². The minimum absolute atomic E-state index is 0.00447. The summed E-state index contributed by atoms with van der Waals surface area (Å²) in [4.78, 5) is 25.0. The van der Waals surface area contributed by atoms with E-state index in [1.54, 1.807) is 41.0 Å². The molecule has 0 saturated heterocycles. The van der Waals surface area contributed by atoms with Crippen LogP contribution in [0.15, 0.2) is 90.1 Å². The molecular formula is C24H19ClN4O2S. The number of Topliss-reactive ketones (excluding diaryl/α,β-unsaturated/α-hetero) is 1. The lowest BCUT2D eigenvalue weighted by molar-refractivity contribution is 0.0948. The van der Waals surface area contributed by atoms with E-state index in [1.807, 2.05) is 48.5 Å². The highest BCUT2D eigenvalue weighted by Gasteiger charge is 2.17. The van der Waals surface area contributed by atoms with E-state index in [9.17, 15) is 9.59 Å². The first kappa shape index (κ1) is 21.8. The van der Waals surface area contributed by atoms with E-state index in [4.69, 9.17) is 11.6 Å². The maximum Gasteiger partial charge on any atom is 0.251 e. The number of rotatable bonds is 8. The molecule has 1 heterocycles. The molecule has 0 aliphatic carbocycles. The van der Waals surface area contributed by atoms with Crippen LogP contribution in [0, 0.1) is 0 Å². The summed E-state index contributed by atoms with van der Waals surface area (Å²) < 4.78 is 1.81. The van der Waals surface area contributed by atoms with Crippen LogP contribution in [0.4, 0.5) is 0 Å². The molecule has 160 valence electrons. The van der Waals surface area contributed by atoms with Crippen LogP contribution >= 0.6 is 23.4 Å². The molecule has 0 bridgehead atoms. The molecule has 6 nitrogen and oxygen atoms in total. The number of benzene rings is 3. The summed E-state index contributed by atoms with van der Waals surface area (Å²) >= 11 is 7.48. The molecule has 1 aromatic heterocycles. The normalized spacial score (nSPS) is 10.7. The Morgan fingerprint density at radius 1 is 0.875 bits per heavy atom. The number of nitrogens with one attached hydrogen (secondary N) is 1. The van der Waals surface area contributed by atoms with E-state index in [1.165, 1.54) is 11.8 Å². The predicted molar refractivity (Wildman–Crippen MR) is 125 cm³/mol. The topological polar surface area (TPSA) is 76.9 Å². The molecule has 4 rings (SSSR count). The molecule has 0 unspecified atom stereocenters. The zero-order chi connectivity index (χ0) is 22.3. The van der Waals surface area contributed by atoms with E-state index < -0.39 is 0 Å². The van der Waals surface area contributed by atoms with Gasteiger partial charge in [-0.3, -0.25) is 14.2 Å². The summed E-state index contributed by atoms with van der Waals surface area (Å²) in [6.45, 7) is 0.167. The van der Waals surface area contributed by atoms with Crippen molar-refractivity contribution in [1.29, 1.82) is 0 Å². The van der Waals surface area contributed by atoms with Crippen molar-refractivity contribution in [1.82, 2.24) is 20.1 Å². The predicted octanol–water partition coefficient (Wildman–Crippen LogP) is 4.83. The fraction of sp³-hybridized carbons (Fsp3) is 0.0833. The standard InChI is InChI=1S/C24H19ClN4O2S/c25-19-12-7-13-20(14-19)29-22(15-26-23(31)18-10-5-2-6-11-18)27-28-24(29)32-16-21(30)17-8-3-1-4-9-17/h1-14H,15-16H2,(H,26,31). The van der Waals surface area contributed by atoms with Crippen LogP contribution in [0.3, 0.4) is 0 Å². The van der Waals surface area contributed by atoms with Crippen LogP contribution in [0.2, 0.25) is 5.02 Å². The average molecular weight is 463 g/mol. The number of thioether (sulfide) groups is 1. The molecule has 4 aromatic rings. The van der Waals surface area contributed by atoms with Crippen LogP contribution in [0.5, 0.6) is 0 Å². The van der Waals surface area contributed by atoms with Gasteiger partial charge in [0.1, 0.15) is 0 Å². The molecule has 1 N–H and O–H groups in total. The number of nitrogens with zero attached hydrogens (tertiary/aromatic N) is 3. The molecule has 0 radical (unpaired) electrons. The third kappa shape index (κ3) is 5.25. The Morgan fingerprint density at radius 3 is 2.25 bits per heavy atom. The van der Waals surface area contributed by atoms with Crippen molar-refractivity contribution in [3.8, 4) is 5.69 Å². The van der Waals surface area contributed by atoms with Crippen LogP contribution in [0.25, 0.3) is 5.69 Å². The Kier molecular flexibility index (Phi) is 6.99. The highest BCUT2D eigenvalue weighted by molar-refractivity contribution is 7.99. The summed E-state index contributed by atoms with van der Waals surface area (Å²) in [5, 5.41) is 12.5. The lowest BCUT2D eigenvalue weighted by Gasteiger charge is -2.11. The minimum atomic E-state index is -0.209. The average Bonchev–Trinajstić information content (AvgIpc) is 3.25. The lowest BCUT2D eigenvalue weighted by Crippen LogP contribution is -2.24. The van der Waals surface area contributed by atoms with Crippen molar-refractivity contribution in [3.63, 3.8) is 0 Å². The molecule has 0 atom stereocenters. The van der Waals surface area contributed by atoms with Gasteiger partial charge in [0.25, 0.3) is 5.91 Å². The number of hydrogen-bond donors (Lipinski definition) is 1. The smallest absolute Gasteiger partial charge is 0.251 e. The largest absolute Gasteiger partial charge is 0.345 e. The monoisotopic (exact) mass is 462 g/mol. The Labute approximate surface area is 194 Å². The van der Waals surface area contributed by atoms with E-state index in [-0.39, 0.29) is 24.0 Å². The summed E-state index contributed by atoms with van der Waals surface area (Å²) in [6, 6.07) is 25.3. The van der Waals surface area contributed by atoms with Gasteiger partial charge in [-0.05, 0) is 30.3 Å². The molecule has 0 spiro atoms. The van der Waals surface area contributed by atoms with Gasteiger partial charge in [0.05, 0.1) is 18.0 Å². The fourth-order valence-corrected chi connectivity index (χ4v) is 4.12. The van der Waals surface area contributed by atoms with Gasteiger partial charge in [0.15, 0.2) is 16.8 Å². The van der Waals surface area contributed by atoms with Crippen molar-refractivity contribution < 1.29 is 9.59 Å². The van der Waals surface area contributed by atoms with Crippen molar-refractivity contribution >= 4 is 35.1 Å². The van der Waals surface area contributed by atoms with Gasteiger partial charge in [0, 0.05) is 16.1 Å². The van der Waals surface area contributed by atoms with Crippen molar-refractivity contribution in [2.75, 3.05) is 5.75 Å². The van der Waals surface area contributed by atoms with Gasteiger partial charge in [-0.15, -0.1) is 10.2 Å². The molecule has 0 aliphatic heterocycles. The second-order valence-electron chi connectivity index (χ2n) is 6.84. The summed E-state index contributed by atoms with van der Waals surface area (Å²) in [5.41, 5.74) is 1.95. The molecule has 3 aromatic carbocycles. The Balaban J connectivity index is 1.56. The van der Waals surface area contributed by atoms with E-state index in [2.05, 4.69) is 15.5 Å². The molecular weight excluding hydrogens is 444 g/mol. The molecule has 0 aliphatic rings. The van der Waals surface area contributed by atoms with E-state index >= 15 is 0 Å².